The molecule has 1 aliphatic rings. The Morgan fingerprint density at radius 3 is 2.30 bits per heavy atom. The number of ether oxygens (including phenoxy) is 1. The molecule has 4 amide bonds. The van der Waals surface area contributed by atoms with Crippen molar-refractivity contribution >= 4 is 57.9 Å². The highest BCUT2D eigenvalue weighted by Gasteiger charge is 2.46. The summed E-state index contributed by atoms with van der Waals surface area (Å²) in [6.45, 7) is 7.23. The van der Waals surface area contributed by atoms with Gasteiger partial charge in [-0.3, -0.25) is 14.4 Å². The van der Waals surface area contributed by atoms with Crippen molar-refractivity contribution in [2.75, 3.05) is 0 Å². The van der Waals surface area contributed by atoms with Gasteiger partial charge in [-0.25, -0.2) is 9.18 Å². The van der Waals surface area contributed by atoms with Gasteiger partial charge in [0, 0.05) is 22.5 Å². The van der Waals surface area contributed by atoms with E-state index in [4.69, 9.17) is 33.7 Å². The highest BCUT2D eigenvalue weighted by Crippen LogP contribution is 2.38. The van der Waals surface area contributed by atoms with Gasteiger partial charge in [0.1, 0.15) is 30.0 Å². The fourth-order valence-electron chi connectivity index (χ4n) is 5.75. The maximum Gasteiger partial charge on any atom is 0.408 e. The average molecular weight is 677 g/mol. The van der Waals surface area contributed by atoms with E-state index in [0.717, 1.165) is 11.3 Å². The molecule has 46 heavy (non-hydrogen) atoms. The number of aryl methyl sites for hydroxylation is 1. The van der Waals surface area contributed by atoms with Gasteiger partial charge in [-0.15, -0.1) is 0 Å². The van der Waals surface area contributed by atoms with Crippen molar-refractivity contribution in [2.24, 2.45) is 17.6 Å². The molecular weight excluding hydrogens is 636 g/mol. The minimum absolute atomic E-state index is 0.0603. The number of aromatic amines is 1. The molecule has 6 N–H and O–H groups in total. The van der Waals surface area contributed by atoms with Crippen LogP contribution in [0.3, 0.4) is 0 Å². The fourth-order valence-corrected chi connectivity index (χ4v) is 6.29. The number of nitrogens with two attached hydrogens (primary N) is 1. The van der Waals surface area contributed by atoms with E-state index in [1.165, 1.54) is 24.3 Å². The standard InChI is InChI=1S/C33H40Cl2FN5O5/c1-5-17(3)26(29(37)42)39-31(44)33(12-11-25-23(15-33)22-13-20(34)14-24(35)28(22)38-25)41-30(43)27(18(4)6-2)40-32(45)46-16-19-7-9-21(36)10-8-19/h7-10,13-14,17-18,26-27,38H,5-6,11-12,15-16H2,1-4H3,(H2,37,42)(H,39,44)(H,40,45)(H,41,43)/t17?,18?,26-,27-,33+/m0/s1. The van der Waals surface area contributed by atoms with E-state index in [0.29, 0.717) is 45.8 Å². The third kappa shape index (κ3) is 7.75. The van der Waals surface area contributed by atoms with Crippen LogP contribution in [-0.2, 0) is 38.6 Å². The molecule has 0 bridgehead atoms. The number of benzene rings is 2. The number of carbonyl (C=O) groups is 4. The summed E-state index contributed by atoms with van der Waals surface area (Å²) in [5.41, 5.74) is 7.01. The molecule has 5 atom stereocenters. The van der Waals surface area contributed by atoms with Crippen molar-refractivity contribution < 1.29 is 28.3 Å². The van der Waals surface area contributed by atoms with E-state index in [1.807, 2.05) is 20.8 Å². The first kappa shape index (κ1) is 35.0. The lowest BCUT2D eigenvalue weighted by molar-refractivity contribution is -0.137. The number of primary amides is 1. The van der Waals surface area contributed by atoms with Gasteiger partial charge in [0.15, 0.2) is 0 Å². The Balaban J connectivity index is 1.65. The lowest BCUT2D eigenvalue weighted by atomic mass is 9.78. The number of halogens is 3. The molecule has 0 radical (unpaired) electrons. The number of nitrogens with one attached hydrogen (secondary N) is 4. The summed E-state index contributed by atoms with van der Waals surface area (Å²) < 4.78 is 18.6. The zero-order valence-electron chi connectivity index (χ0n) is 26.3. The second-order valence-electron chi connectivity index (χ2n) is 12.1. The van der Waals surface area contributed by atoms with E-state index < -0.39 is 47.3 Å². The van der Waals surface area contributed by atoms with Crippen molar-refractivity contribution in [3.05, 3.63) is 69.1 Å². The third-order valence-electron chi connectivity index (χ3n) is 8.96. The van der Waals surface area contributed by atoms with Gasteiger partial charge < -0.3 is 31.4 Å². The smallest absolute Gasteiger partial charge is 0.408 e. The molecule has 1 aromatic heterocycles. The summed E-state index contributed by atoms with van der Waals surface area (Å²) in [7, 11) is 0. The monoisotopic (exact) mass is 675 g/mol. The predicted octanol–water partition coefficient (Wildman–Crippen LogP) is 5.31. The van der Waals surface area contributed by atoms with Gasteiger partial charge in [0.25, 0.3) is 0 Å². The zero-order chi connectivity index (χ0) is 33.8. The molecule has 0 saturated carbocycles. The first-order valence-electron chi connectivity index (χ1n) is 15.4. The Morgan fingerprint density at radius 1 is 1.02 bits per heavy atom. The van der Waals surface area contributed by atoms with E-state index in [1.54, 1.807) is 19.1 Å². The normalized spacial score (nSPS) is 18.5. The predicted molar refractivity (Wildman–Crippen MR) is 175 cm³/mol. The van der Waals surface area contributed by atoms with Crippen LogP contribution in [-0.4, -0.2) is 46.4 Å². The average Bonchev–Trinajstić information content (AvgIpc) is 3.38. The lowest BCUT2D eigenvalue weighted by Crippen LogP contribution is -2.67. The number of fused-ring (bicyclic) bond motifs is 3. The van der Waals surface area contributed by atoms with Gasteiger partial charge in [-0.1, -0.05) is 75.9 Å². The Bertz CT molecular complexity index is 1610. The summed E-state index contributed by atoms with van der Waals surface area (Å²) in [6.07, 6.45) is 0.876. The maximum absolute atomic E-state index is 14.2. The van der Waals surface area contributed by atoms with E-state index in [2.05, 4.69) is 20.9 Å². The van der Waals surface area contributed by atoms with Crippen LogP contribution in [0, 0.1) is 17.7 Å². The van der Waals surface area contributed by atoms with Crippen LogP contribution in [0.1, 0.15) is 63.8 Å². The van der Waals surface area contributed by atoms with Gasteiger partial charge in [-0.05, 0) is 60.1 Å². The van der Waals surface area contributed by atoms with E-state index in [9.17, 15) is 23.6 Å². The molecule has 3 aromatic rings. The minimum Gasteiger partial charge on any atom is -0.445 e. The number of H-pyrrole nitrogens is 1. The second-order valence-corrected chi connectivity index (χ2v) is 12.9. The molecule has 1 heterocycles. The molecular formula is C33H40Cl2FN5O5. The molecule has 1 aliphatic carbocycles. The number of rotatable bonds is 12. The molecule has 0 spiro atoms. The number of amides is 4. The van der Waals surface area contributed by atoms with Crippen LogP contribution in [0.4, 0.5) is 9.18 Å². The molecule has 10 nitrogen and oxygen atoms in total. The van der Waals surface area contributed by atoms with Crippen LogP contribution in [0.25, 0.3) is 10.9 Å². The maximum atomic E-state index is 14.2. The van der Waals surface area contributed by atoms with Gasteiger partial charge in [-0.2, -0.15) is 0 Å². The number of alkyl carbamates (subject to hydrolysis) is 1. The molecule has 248 valence electrons. The number of carbonyl (C=O) groups excluding carboxylic acids is 4. The highest BCUT2D eigenvalue weighted by molar-refractivity contribution is 6.38. The van der Waals surface area contributed by atoms with Crippen LogP contribution in [0.2, 0.25) is 10.0 Å². The summed E-state index contributed by atoms with van der Waals surface area (Å²) in [4.78, 5) is 56.9. The Kier molecular flexibility index (Phi) is 11.2. The lowest BCUT2D eigenvalue weighted by Gasteiger charge is -2.39. The minimum atomic E-state index is -1.51. The van der Waals surface area contributed by atoms with Crippen molar-refractivity contribution in [3.8, 4) is 0 Å². The topological polar surface area (TPSA) is 155 Å². The quantitative estimate of drug-likeness (QED) is 0.176. The van der Waals surface area contributed by atoms with Crippen LogP contribution >= 0.6 is 23.2 Å². The first-order chi connectivity index (χ1) is 21.8. The molecule has 4 rings (SSSR count). The Hall–Kier alpha value is -3.83. The van der Waals surface area contributed by atoms with Crippen LogP contribution < -0.4 is 21.7 Å². The van der Waals surface area contributed by atoms with Crippen molar-refractivity contribution in [1.82, 2.24) is 20.9 Å². The van der Waals surface area contributed by atoms with Crippen molar-refractivity contribution in [2.45, 2.75) is 84.0 Å². The van der Waals surface area contributed by atoms with Gasteiger partial charge in [0.05, 0.1) is 10.5 Å². The summed E-state index contributed by atoms with van der Waals surface area (Å²) >= 11 is 12.8. The van der Waals surface area contributed by atoms with Crippen molar-refractivity contribution in [3.63, 3.8) is 0 Å². The largest absolute Gasteiger partial charge is 0.445 e. The molecule has 2 unspecified atom stereocenters. The van der Waals surface area contributed by atoms with Gasteiger partial charge in [0.2, 0.25) is 17.7 Å². The number of aromatic nitrogens is 1. The summed E-state index contributed by atoms with van der Waals surface area (Å²) in [5, 5.41) is 9.97. The van der Waals surface area contributed by atoms with Crippen LogP contribution in [0.15, 0.2) is 36.4 Å². The second kappa shape index (κ2) is 14.7. The fraction of sp³-hybridized carbons (Fsp3) is 0.455. The molecule has 13 heteroatoms. The summed E-state index contributed by atoms with van der Waals surface area (Å²) in [6, 6.07) is 6.83. The Morgan fingerprint density at radius 2 is 1.67 bits per heavy atom. The van der Waals surface area contributed by atoms with E-state index in [-0.39, 0.29) is 31.3 Å². The van der Waals surface area contributed by atoms with Gasteiger partial charge >= 0.3 is 6.09 Å². The summed E-state index contributed by atoms with van der Waals surface area (Å²) in [5.74, 6) is -2.87. The highest BCUT2D eigenvalue weighted by atomic mass is 35.5. The SMILES string of the molecule is CCC(C)[C@H](NC(=O)[C@@]1(NC(=O)[C@@H](NC(=O)OCc2ccc(F)cc2)C(C)CC)CCc2[nH]c3c(Cl)cc(Cl)cc3c2C1)C(N)=O. The number of hydrogen-bond acceptors (Lipinski definition) is 5. The zero-order valence-corrected chi connectivity index (χ0v) is 27.8. The Labute approximate surface area is 277 Å². The molecule has 0 saturated heterocycles. The first-order valence-corrected chi connectivity index (χ1v) is 16.1. The molecule has 0 aliphatic heterocycles. The third-order valence-corrected chi connectivity index (χ3v) is 9.47. The van der Waals surface area contributed by atoms with E-state index >= 15 is 0 Å². The molecule has 2 aromatic carbocycles. The van der Waals surface area contributed by atoms with Crippen molar-refractivity contribution in [1.29, 1.82) is 0 Å². The number of hydrogen-bond donors (Lipinski definition) is 5. The molecule has 0 fully saturated rings. The van der Waals surface area contributed by atoms with Crippen LogP contribution in [0.5, 0.6) is 0 Å².